The topological polar surface area (TPSA) is 18.5 Å². The fourth-order valence-electron chi connectivity index (χ4n) is 3.67. The molecule has 160 valence electrons. The second-order valence-electron chi connectivity index (χ2n) is 8.96. The molecule has 0 radical (unpaired) electrons. The molecule has 2 nitrogen and oxygen atoms in total. The number of hydrogen-bond acceptors (Lipinski definition) is 6. The van der Waals surface area contributed by atoms with Gasteiger partial charge in [0.15, 0.2) is 0 Å². The average molecular weight is 485 g/mol. The molecule has 7 heteroatoms. The monoisotopic (exact) mass is 484 g/mol. The van der Waals surface area contributed by atoms with Crippen LogP contribution in [0.15, 0.2) is 41.8 Å². The van der Waals surface area contributed by atoms with Gasteiger partial charge in [0.25, 0.3) is 0 Å². The molecule has 31 heavy (non-hydrogen) atoms. The van der Waals surface area contributed by atoms with Gasteiger partial charge in [-0.15, -0.1) is 45.3 Å². The van der Waals surface area contributed by atoms with E-state index in [4.69, 9.17) is 9.31 Å². The minimum atomic E-state index is -0.343. The molecule has 0 aliphatic carbocycles. The van der Waals surface area contributed by atoms with E-state index in [0.717, 1.165) is 4.78 Å². The quantitative estimate of drug-likeness (QED) is 0.275. The van der Waals surface area contributed by atoms with Crippen molar-refractivity contribution >= 4 is 57.2 Å². The fraction of sp³-hybridized carbons (Fsp3) is 0.333. The smallest absolute Gasteiger partial charge is 0.399 e. The van der Waals surface area contributed by atoms with Crippen molar-refractivity contribution in [3.63, 3.8) is 0 Å². The standard InChI is InChI=1S/C24H25BO2S4/c1-14-7-9-18(29-14)16-11-12-28-21(16)22-17(19-10-8-15(2)30-19)13-20(31-22)25-26-23(3,4)24(5,6)27-25/h7-13H,1-6H3. The van der Waals surface area contributed by atoms with Gasteiger partial charge in [0.05, 0.1) is 21.0 Å². The summed E-state index contributed by atoms with van der Waals surface area (Å²) in [4.78, 5) is 7.93. The van der Waals surface area contributed by atoms with Gasteiger partial charge < -0.3 is 9.31 Å². The normalized spacial score (nSPS) is 17.5. The molecule has 5 rings (SSSR count). The van der Waals surface area contributed by atoms with E-state index >= 15 is 0 Å². The second kappa shape index (κ2) is 7.68. The number of rotatable bonds is 4. The van der Waals surface area contributed by atoms with E-state index in [1.54, 1.807) is 0 Å². The number of thiophene rings is 4. The van der Waals surface area contributed by atoms with Crippen molar-refractivity contribution in [2.45, 2.75) is 52.7 Å². The summed E-state index contributed by atoms with van der Waals surface area (Å²) in [6.45, 7) is 12.8. The van der Waals surface area contributed by atoms with Crippen LogP contribution in [0.25, 0.3) is 30.6 Å². The largest absolute Gasteiger partial charge is 0.505 e. The summed E-state index contributed by atoms with van der Waals surface area (Å²) in [6.07, 6.45) is 0. The van der Waals surface area contributed by atoms with E-state index < -0.39 is 0 Å². The molecule has 0 N–H and O–H groups in total. The molecular formula is C24H25BO2S4. The Morgan fingerprint density at radius 2 is 1.29 bits per heavy atom. The maximum Gasteiger partial charge on any atom is 0.505 e. The van der Waals surface area contributed by atoms with Gasteiger partial charge in [-0.05, 0) is 83.3 Å². The van der Waals surface area contributed by atoms with E-state index in [9.17, 15) is 0 Å². The minimum absolute atomic E-state index is 0.337. The molecule has 1 fully saturated rings. The average Bonchev–Trinajstić information content (AvgIpc) is 3.46. The van der Waals surface area contributed by atoms with Gasteiger partial charge in [0.2, 0.25) is 0 Å². The lowest BCUT2D eigenvalue weighted by atomic mass is 9.87. The Morgan fingerprint density at radius 1 is 0.710 bits per heavy atom. The van der Waals surface area contributed by atoms with E-state index in [1.165, 1.54) is 40.4 Å². The second-order valence-corrected chi connectivity index (χ2v) is 13.5. The predicted molar refractivity (Wildman–Crippen MR) is 139 cm³/mol. The van der Waals surface area contributed by atoms with Crippen molar-refractivity contribution in [1.29, 1.82) is 0 Å². The molecule has 0 amide bonds. The van der Waals surface area contributed by atoms with Crippen molar-refractivity contribution in [1.82, 2.24) is 0 Å². The molecular weight excluding hydrogens is 459 g/mol. The third-order valence-corrected chi connectivity index (χ3v) is 10.4. The van der Waals surface area contributed by atoms with Crippen LogP contribution in [0.2, 0.25) is 0 Å². The Kier molecular flexibility index (Phi) is 5.36. The van der Waals surface area contributed by atoms with Gasteiger partial charge in [0, 0.05) is 35.4 Å². The molecule has 5 heterocycles. The first-order valence-corrected chi connectivity index (χ1v) is 13.7. The highest BCUT2D eigenvalue weighted by Gasteiger charge is 2.52. The van der Waals surface area contributed by atoms with E-state index in [-0.39, 0.29) is 18.3 Å². The van der Waals surface area contributed by atoms with Crippen LogP contribution >= 0.6 is 45.3 Å². The van der Waals surface area contributed by atoms with Crippen LogP contribution in [-0.2, 0) is 9.31 Å². The zero-order valence-corrected chi connectivity index (χ0v) is 21.8. The number of hydrogen-bond donors (Lipinski definition) is 0. The zero-order chi connectivity index (χ0) is 22.0. The van der Waals surface area contributed by atoms with E-state index in [2.05, 4.69) is 83.3 Å². The van der Waals surface area contributed by atoms with E-state index in [1.807, 2.05) is 45.3 Å². The summed E-state index contributed by atoms with van der Waals surface area (Å²) in [5.41, 5.74) is 1.92. The minimum Gasteiger partial charge on any atom is -0.399 e. The van der Waals surface area contributed by atoms with Gasteiger partial charge in [-0.2, -0.15) is 0 Å². The van der Waals surface area contributed by atoms with Gasteiger partial charge >= 0.3 is 7.12 Å². The summed E-state index contributed by atoms with van der Waals surface area (Å²) in [5, 5.41) is 2.21. The van der Waals surface area contributed by atoms with Gasteiger partial charge in [-0.3, -0.25) is 0 Å². The Balaban J connectivity index is 1.64. The Bertz CT molecular complexity index is 1220. The lowest BCUT2D eigenvalue weighted by molar-refractivity contribution is 0.00578. The predicted octanol–water partition coefficient (Wildman–Crippen LogP) is 7.85. The molecule has 0 atom stereocenters. The first-order chi connectivity index (χ1) is 14.6. The third-order valence-electron chi connectivity index (χ3n) is 6.12. The summed E-state index contributed by atoms with van der Waals surface area (Å²) in [6, 6.07) is 13.4. The van der Waals surface area contributed by atoms with Crippen molar-refractivity contribution in [3.8, 4) is 30.6 Å². The zero-order valence-electron chi connectivity index (χ0n) is 18.6. The maximum absolute atomic E-state index is 6.39. The van der Waals surface area contributed by atoms with Crippen molar-refractivity contribution in [2.75, 3.05) is 0 Å². The van der Waals surface area contributed by atoms with Crippen LogP contribution in [0, 0.1) is 13.8 Å². The molecule has 4 aromatic rings. The molecule has 0 aromatic carbocycles. The van der Waals surface area contributed by atoms with Gasteiger partial charge in [-0.1, -0.05) is 0 Å². The third kappa shape index (κ3) is 3.79. The van der Waals surface area contributed by atoms with Gasteiger partial charge in [-0.25, -0.2) is 0 Å². The summed E-state index contributed by atoms with van der Waals surface area (Å²) >= 11 is 7.33. The Morgan fingerprint density at radius 3 is 1.84 bits per heavy atom. The number of aryl methyl sites for hydroxylation is 2. The lowest BCUT2D eigenvalue weighted by Gasteiger charge is -2.32. The first kappa shape index (κ1) is 21.6. The van der Waals surface area contributed by atoms with E-state index in [0.29, 0.717) is 0 Å². The van der Waals surface area contributed by atoms with Crippen LogP contribution in [-0.4, -0.2) is 18.3 Å². The van der Waals surface area contributed by atoms with Crippen LogP contribution in [0.1, 0.15) is 37.4 Å². The summed E-state index contributed by atoms with van der Waals surface area (Å²) in [5.74, 6) is 0. The van der Waals surface area contributed by atoms with Crippen molar-refractivity contribution in [2.24, 2.45) is 0 Å². The molecule has 0 bridgehead atoms. The van der Waals surface area contributed by atoms with Gasteiger partial charge in [0.1, 0.15) is 0 Å². The van der Waals surface area contributed by atoms with Crippen LogP contribution in [0.5, 0.6) is 0 Å². The molecule has 4 aromatic heterocycles. The summed E-state index contributed by atoms with van der Waals surface area (Å²) < 4.78 is 13.9. The summed E-state index contributed by atoms with van der Waals surface area (Å²) in [7, 11) is -0.337. The van der Waals surface area contributed by atoms with Crippen LogP contribution in [0.3, 0.4) is 0 Å². The SMILES string of the molecule is Cc1ccc(-c2ccsc2-c2sc(B3OC(C)(C)C(C)(C)O3)cc2-c2ccc(C)s2)s1. The lowest BCUT2D eigenvalue weighted by Crippen LogP contribution is -2.41. The highest BCUT2D eigenvalue weighted by molar-refractivity contribution is 7.29. The van der Waals surface area contributed by atoms with Crippen LogP contribution < -0.4 is 4.78 Å². The molecule has 1 saturated heterocycles. The van der Waals surface area contributed by atoms with Crippen molar-refractivity contribution < 1.29 is 9.31 Å². The molecule has 1 aliphatic rings. The van der Waals surface area contributed by atoms with Crippen molar-refractivity contribution in [3.05, 3.63) is 51.5 Å². The highest BCUT2D eigenvalue weighted by Crippen LogP contribution is 2.47. The molecule has 1 aliphatic heterocycles. The first-order valence-electron chi connectivity index (χ1n) is 10.4. The Labute approximate surface area is 200 Å². The molecule has 0 unspecified atom stereocenters. The maximum atomic E-state index is 6.39. The molecule has 0 saturated carbocycles. The molecule has 0 spiro atoms. The Hall–Kier alpha value is -1.22. The fourth-order valence-corrected chi connectivity index (χ4v) is 7.81. The van der Waals surface area contributed by atoms with Crippen LogP contribution in [0.4, 0.5) is 0 Å². The highest BCUT2D eigenvalue weighted by atomic mass is 32.1.